The Hall–Kier alpha value is -2.75. The number of ether oxygens (including phenoxy) is 1. The summed E-state index contributed by atoms with van der Waals surface area (Å²) in [6, 6.07) is 15.3. The molecule has 0 atom stereocenters. The molecule has 2 aromatic heterocycles. The standard InChI is InChI=1S/C20H20FN5O.HI/c1-22-20(26-14-17-4-2-3-10-23-17)25-13-15-9-11-24-19(12-15)27-18-7-5-16(21)6-8-18;/h2-12H,13-14H2,1H3,(H2,22,25,26);1H. The van der Waals surface area contributed by atoms with E-state index in [0.29, 0.717) is 30.7 Å². The molecule has 0 saturated heterocycles. The van der Waals surface area contributed by atoms with Crippen LogP contribution >= 0.6 is 24.0 Å². The number of nitrogens with one attached hydrogen (secondary N) is 2. The van der Waals surface area contributed by atoms with Crippen molar-refractivity contribution in [2.45, 2.75) is 13.1 Å². The van der Waals surface area contributed by atoms with Crippen molar-refractivity contribution in [2.75, 3.05) is 7.05 Å². The number of aliphatic imine (C=N–C) groups is 1. The number of nitrogens with zero attached hydrogens (tertiary/aromatic N) is 3. The van der Waals surface area contributed by atoms with E-state index >= 15 is 0 Å². The van der Waals surface area contributed by atoms with Gasteiger partial charge in [-0.25, -0.2) is 9.37 Å². The number of benzene rings is 1. The van der Waals surface area contributed by atoms with Gasteiger partial charge in [0.15, 0.2) is 5.96 Å². The largest absolute Gasteiger partial charge is 0.439 e. The molecule has 1 aromatic carbocycles. The van der Waals surface area contributed by atoms with Crippen molar-refractivity contribution in [3.63, 3.8) is 0 Å². The fraction of sp³-hybridized carbons (Fsp3) is 0.150. The van der Waals surface area contributed by atoms with E-state index < -0.39 is 0 Å². The average molecular weight is 493 g/mol. The van der Waals surface area contributed by atoms with Crippen LogP contribution in [-0.4, -0.2) is 23.0 Å². The van der Waals surface area contributed by atoms with E-state index in [-0.39, 0.29) is 29.8 Å². The van der Waals surface area contributed by atoms with Crippen LogP contribution in [0.2, 0.25) is 0 Å². The molecular formula is C20H21FIN5O. The fourth-order valence-electron chi connectivity index (χ4n) is 2.32. The molecule has 0 aliphatic carbocycles. The first kappa shape index (κ1) is 21.5. The van der Waals surface area contributed by atoms with Crippen LogP contribution in [0.25, 0.3) is 0 Å². The van der Waals surface area contributed by atoms with Gasteiger partial charge in [-0.1, -0.05) is 6.07 Å². The highest BCUT2D eigenvalue weighted by Gasteiger charge is 2.03. The molecule has 0 aliphatic heterocycles. The first-order valence-electron chi connectivity index (χ1n) is 8.46. The highest BCUT2D eigenvalue weighted by atomic mass is 127. The normalized spacial score (nSPS) is 10.7. The van der Waals surface area contributed by atoms with Gasteiger partial charge in [0.25, 0.3) is 0 Å². The van der Waals surface area contributed by atoms with Gasteiger partial charge in [0, 0.05) is 32.1 Å². The SMILES string of the molecule is CN=C(NCc1ccnc(Oc2ccc(F)cc2)c1)NCc1ccccn1.I. The molecule has 146 valence electrons. The van der Waals surface area contributed by atoms with Crippen LogP contribution in [0.3, 0.4) is 0 Å². The second-order valence-electron chi connectivity index (χ2n) is 5.66. The highest BCUT2D eigenvalue weighted by Crippen LogP contribution is 2.20. The molecule has 0 amide bonds. The minimum Gasteiger partial charge on any atom is -0.439 e. The third-order valence-corrected chi connectivity index (χ3v) is 3.68. The molecule has 28 heavy (non-hydrogen) atoms. The van der Waals surface area contributed by atoms with Crippen molar-refractivity contribution in [2.24, 2.45) is 4.99 Å². The van der Waals surface area contributed by atoms with E-state index in [2.05, 4.69) is 25.6 Å². The van der Waals surface area contributed by atoms with Gasteiger partial charge in [-0.3, -0.25) is 9.98 Å². The van der Waals surface area contributed by atoms with Crippen LogP contribution in [0.1, 0.15) is 11.3 Å². The number of aromatic nitrogens is 2. The van der Waals surface area contributed by atoms with Gasteiger partial charge in [-0.05, 0) is 48.0 Å². The van der Waals surface area contributed by atoms with Gasteiger partial charge in [-0.2, -0.15) is 0 Å². The summed E-state index contributed by atoms with van der Waals surface area (Å²) in [6.45, 7) is 1.12. The molecule has 2 N–H and O–H groups in total. The van der Waals surface area contributed by atoms with Gasteiger partial charge < -0.3 is 15.4 Å². The molecule has 0 bridgehead atoms. The van der Waals surface area contributed by atoms with Crippen LogP contribution in [0.15, 0.2) is 72.0 Å². The zero-order valence-electron chi connectivity index (χ0n) is 15.3. The van der Waals surface area contributed by atoms with Crippen LogP contribution in [0.4, 0.5) is 4.39 Å². The van der Waals surface area contributed by atoms with Crippen molar-refractivity contribution in [1.82, 2.24) is 20.6 Å². The van der Waals surface area contributed by atoms with Crippen molar-refractivity contribution in [3.05, 3.63) is 84.1 Å². The third-order valence-electron chi connectivity index (χ3n) is 3.68. The Morgan fingerprint density at radius 1 is 1.00 bits per heavy atom. The molecule has 0 spiro atoms. The predicted octanol–water partition coefficient (Wildman–Crippen LogP) is 3.89. The van der Waals surface area contributed by atoms with Gasteiger partial charge in [0.1, 0.15) is 11.6 Å². The lowest BCUT2D eigenvalue weighted by molar-refractivity contribution is 0.460. The quantitative estimate of drug-likeness (QED) is 0.310. The summed E-state index contributed by atoms with van der Waals surface area (Å²) >= 11 is 0. The second kappa shape index (κ2) is 11.2. The van der Waals surface area contributed by atoms with Gasteiger partial charge in [0.2, 0.25) is 5.88 Å². The van der Waals surface area contributed by atoms with Crippen molar-refractivity contribution in [1.29, 1.82) is 0 Å². The van der Waals surface area contributed by atoms with E-state index in [9.17, 15) is 4.39 Å². The van der Waals surface area contributed by atoms with Crippen molar-refractivity contribution in [3.8, 4) is 11.6 Å². The number of pyridine rings is 2. The predicted molar refractivity (Wildman–Crippen MR) is 117 cm³/mol. The zero-order valence-corrected chi connectivity index (χ0v) is 17.6. The third kappa shape index (κ3) is 6.76. The summed E-state index contributed by atoms with van der Waals surface area (Å²) in [5.74, 6) is 1.33. The molecule has 2 heterocycles. The molecule has 6 nitrogen and oxygen atoms in total. The Labute approximate surface area is 180 Å². The summed E-state index contributed by atoms with van der Waals surface area (Å²) in [5, 5.41) is 6.44. The van der Waals surface area contributed by atoms with Crippen LogP contribution in [-0.2, 0) is 13.1 Å². The van der Waals surface area contributed by atoms with Crippen molar-refractivity contribution < 1.29 is 9.13 Å². The molecular weight excluding hydrogens is 472 g/mol. The van der Waals surface area contributed by atoms with E-state index in [1.54, 1.807) is 31.6 Å². The number of halogens is 2. The Bertz CT molecular complexity index is 891. The summed E-state index contributed by atoms with van der Waals surface area (Å²) in [6.07, 6.45) is 3.42. The molecule has 0 fully saturated rings. The van der Waals surface area contributed by atoms with E-state index in [1.165, 1.54) is 12.1 Å². The van der Waals surface area contributed by atoms with Gasteiger partial charge in [0.05, 0.1) is 12.2 Å². The molecule has 0 radical (unpaired) electrons. The van der Waals surface area contributed by atoms with Gasteiger partial charge >= 0.3 is 0 Å². The number of hydrogen-bond donors (Lipinski definition) is 2. The summed E-state index contributed by atoms with van der Waals surface area (Å²) in [4.78, 5) is 12.6. The first-order valence-corrected chi connectivity index (χ1v) is 8.46. The first-order chi connectivity index (χ1) is 13.2. The summed E-state index contributed by atoms with van der Waals surface area (Å²) in [7, 11) is 1.71. The highest BCUT2D eigenvalue weighted by molar-refractivity contribution is 14.0. The van der Waals surface area contributed by atoms with Crippen LogP contribution in [0, 0.1) is 5.82 Å². The minimum atomic E-state index is -0.308. The molecule has 0 unspecified atom stereocenters. The average Bonchev–Trinajstić information content (AvgIpc) is 2.71. The van der Waals surface area contributed by atoms with Crippen LogP contribution < -0.4 is 15.4 Å². The maximum absolute atomic E-state index is 13.0. The molecule has 3 rings (SSSR count). The molecule has 0 aliphatic rings. The second-order valence-corrected chi connectivity index (χ2v) is 5.66. The lowest BCUT2D eigenvalue weighted by Crippen LogP contribution is -2.36. The fourth-order valence-corrected chi connectivity index (χ4v) is 2.32. The topological polar surface area (TPSA) is 71.4 Å². The Kier molecular flexibility index (Phi) is 8.60. The lowest BCUT2D eigenvalue weighted by atomic mass is 10.2. The monoisotopic (exact) mass is 493 g/mol. The van der Waals surface area contributed by atoms with E-state index in [1.807, 2.05) is 30.3 Å². The molecule has 8 heteroatoms. The number of hydrogen-bond acceptors (Lipinski definition) is 4. The minimum absolute atomic E-state index is 0. The number of guanidine groups is 1. The van der Waals surface area contributed by atoms with Gasteiger partial charge in [-0.15, -0.1) is 24.0 Å². The molecule has 0 saturated carbocycles. The summed E-state index contributed by atoms with van der Waals surface area (Å²) in [5.41, 5.74) is 1.90. The Morgan fingerprint density at radius 2 is 1.79 bits per heavy atom. The Morgan fingerprint density at radius 3 is 2.50 bits per heavy atom. The lowest BCUT2D eigenvalue weighted by Gasteiger charge is -2.12. The molecule has 3 aromatic rings. The summed E-state index contributed by atoms with van der Waals surface area (Å²) < 4.78 is 18.6. The van der Waals surface area contributed by atoms with Crippen molar-refractivity contribution >= 4 is 29.9 Å². The van der Waals surface area contributed by atoms with E-state index in [4.69, 9.17) is 4.74 Å². The number of rotatable bonds is 6. The maximum atomic E-state index is 13.0. The van der Waals surface area contributed by atoms with E-state index in [0.717, 1.165) is 11.3 Å². The zero-order chi connectivity index (χ0) is 18.9. The smallest absolute Gasteiger partial charge is 0.219 e. The Balaban J connectivity index is 0.00000280. The maximum Gasteiger partial charge on any atom is 0.219 e. The van der Waals surface area contributed by atoms with Crippen LogP contribution in [0.5, 0.6) is 11.6 Å².